The molecule has 0 unspecified atom stereocenters. The number of allylic oxidation sites excluding steroid dienone is 2. The molecule has 0 spiro atoms. The van der Waals surface area contributed by atoms with Gasteiger partial charge in [0, 0.05) is 5.56 Å². The van der Waals surface area contributed by atoms with Crippen molar-refractivity contribution in [3.63, 3.8) is 0 Å². The number of nitrogens with one attached hydrogen (secondary N) is 2. The zero-order valence-electron chi connectivity index (χ0n) is 12.7. The van der Waals surface area contributed by atoms with Crippen LogP contribution in [-0.2, 0) is 9.59 Å². The minimum Gasteiger partial charge on any atom is -0.481 e. The first kappa shape index (κ1) is 15.3. The summed E-state index contributed by atoms with van der Waals surface area (Å²) in [6.45, 7) is 1.91. The van der Waals surface area contributed by atoms with Crippen LogP contribution in [0.2, 0.25) is 0 Å². The predicted molar refractivity (Wildman–Crippen MR) is 82.1 cm³/mol. The first-order valence-electron chi connectivity index (χ1n) is 7.55. The molecule has 1 fully saturated rings. The fourth-order valence-corrected chi connectivity index (χ4v) is 3.50. The average molecular weight is 314 g/mol. The van der Waals surface area contributed by atoms with Crippen molar-refractivity contribution < 1.29 is 19.5 Å². The van der Waals surface area contributed by atoms with Gasteiger partial charge in [-0.25, -0.2) is 0 Å². The number of carboxylic acids is 1. The summed E-state index contributed by atoms with van der Waals surface area (Å²) in [7, 11) is 0. The normalized spacial score (nSPS) is 27.7. The molecule has 0 aromatic heterocycles. The molecule has 2 bridgehead atoms. The summed E-state index contributed by atoms with van der Waals surface area (Å²) in [4.78, 5) is 35.7. The quantitative estimate of drug-likeness (QED) is 0.578. The molecule has 0 radical (unpaired) electrons. The molecule has 1 aromatic carbocycles. The lowest BCUT2D eigenvalue weighted by atomic mass is 9.82. The van der Waals surface area contributed by atoms with Gasteiger partial charge in [0.05, 0.1) is 11.8 Å². The Hall–Kier alpha value is -2.63. The molecule has 0 saturated heterocycles. The van der Waals surface area contributed by atoms with Crippen LogP contribution < -0.4 is 10.9 Å². The highest BCUT2D eigenvalue weighted by Gasteiger charge is 2.51. The summed E-state index contributed by atoms with van der Waals surface area (Å²) in [6, 6.07) is 6.93. The lowest BCUT2D eigenvalue weighted by molar-refractivity contribution is -0.148. The standard InChI is InChI=1S/C17H18N2O4/c1-9-2-4-10(5-3-9)15(20)18-19-16(21)13-11-6-7-12(8-11)14(13)17(22)23/h2-7,11-14H,8H2,1H3,(H,18,20)(H,19,21)(H,22,23)/t11-,12-,13-,14-/m0/s1. The highest BCUT2D eigenvalue weighted by molar-refractivity contribution is 5.96. The number of rotatable bonds is 3. The predicted octanol–water partition coefficient (Wildman–Crippen LogP) is 1.28. The molecular formula is C17H18N2O4. The van der Waals surface area contributed by atoms with Crippen LogP contribution in [0.15, 0.2) is 36.4 Å². The molecule has 1 saturated carbocycles. The molecular weight excluding hydrogens is 296 g/mol. The number of aliphatic carboxylic acids is 1. The van der Waals surface area contributed by atoms with Crippen molar-refractivity contribution in [2.24, 2.45) is 23.7 Å². The van der Waals surface area contributed by atoms with Gasteiger partial charge in [0.2, 0.25) is 5.91 Å². The number of hydrazine groups is 1. The van der Waals surface area contributed by atoms with Crippen LogP contribution in [0.4, 0.5) is 0 Å². The van der Waals surface area contributed by atoms with Crippen LogP contribution in [0.3, 0.4) is 0 Å². The fraction of sp³-hybridized carbons (Fsp3) is 0.353. The first-order valence-corrected chi connectivity index (χ1v) is 7.55. The van der Waals surface area contributed by atoms with Crippen molar-refractivity contribution >= 4 is 17.8 Å². The second-order valence-electron chi connectivity index (χ2n) is 6.15. The number of carbonyl (C=O) groups excluding carboxylic acids is 2. The number of hydrogen-bond acceptors (Lipinski definition) is 3. The largest absolute Gasteiger partial charge is 0.481 e. The van der Waals surface area contributed by atoms with E-state index in [0.29, 0.717) is 12.0 Å². The van der Waals surface area contributed by atoms with Gasteiger partial charge < -0.3 is 5.11 Å². The minimum absolute atomic E-state index is 0.0719. The van der Waals surface area contributed by atoms with E-state index in [9.17, 15) is 19.5 Å². The number of carbonyl (C=O) groups is 3. The highest BCUT2D eigenvalue weighted by Crippen LogP contribution is 2.48. The number of aryl methyl sites for hydroxylation is 1. The van der Waals surface area contributed by atoms with E-state index in [2.05, 4.69) is 10.9 Å². The van der Waals surface area contributed by atoms with E-state index in [1.54, 1.807) is 24.3 Å². The smallest absolute Gasteiger partial charge is 0.307 e. The Balaban J connectivity index is 1.63. The molecule has 4 atom stereocenters. The third-order valence-corrected chi connectivity index (χ3v) is 4.66. The Labute approximate surface area is 133 Å². The van der Waals surface area contributed by atoms with Gasteiger partial charge in [0.15, 0.2) is 0 Å². The molecule has 2 aliphatic rings. The van der Waals surface area contributed by atoms with E-state index in [-0.39, 0.29) is 11.8 Å². The van der Waals surface area contributed by atoms with Crippen LogP contribution in [0.1, 0.15) is 22.3 Å². The van der Waals surface area contributed by atoms with Gasteiger partial charge in [-0.1, -0.05) is 29.8 Å². The fourth-order valence-electron chi connectivity index (χ4n) is 3.50. The van der Waals surface area contributed by atoms with Gasteiger partial charge in [-0.05, 0) is 37.3 Å². The Morgan fingerprint density at radius 1 is 1.00 bits per heavy atom. The molecule has 0 heterocycles. The van der Waals surface area contributed by atoms with Gasteiger partial charge in [-0.2, -0.15) is 0 Å². The maximum absolute atomic E-state index is 12.3. The van der Waals surface area contributed by atoms with E-state index < -0.39 is 29.6 Å². The Bertz CT molecular complexity index is 680. The molecule has 23 heavy (non-hydrogen) atoms. The van der Waals surface area contributed by atoms with Crippen LogP contribution in [-0.4, -0.2) is 22.9 Å². The Kier molecular flexibility index (Phi) is 3.90. The van der Waals surface area contributed by atoms with Crippen molar-refractivity contribution in [1.29, 1.82) is 0 Å². The van der Waals surface area contributed by atoms with Gasteiger partial charge in [-0.15, -0.1) is 0 Å². The highest BCUT2D eigenvalue weighted by atomic mass is 16.4. The second-order valence-corrected chi connectivity index (χ2v) is 6.15. The SMILES string of the molecule is Cc1ccc(C(=O)NNC(=O)[C@@H]2[C@@H](C(=O)O)[C@H]3C=C[C@H]2C3)cc1. The van der Waals surface area contributed by atoms with Gasteiger partial charge in [0.25, 0.3) is 5.91 Å². The Morgan fingerprint density at radius 2 is 1.61 bits per heavy atom. The van der Waals surface area contributed by atoms with E-state index in [4.69, 9.17) is 0 Å². The van der Waals surface area contributed by atoms with E-state index in [1.807, 2.05) is 19.1 Å². The number of fused-ring (bicyclic) bond motifs is 2. The molecule has 3 N–H and O–H groups in total. The molecule has 6 nitrogen and oxygen atoms in total. The van der Waals surface area contributed by atoms with Crippen LogP contribution in [0, 0.1) is 30.6 Å². The van der Waals surface area contributed by atoms with E-state index >= 15 is 0 Å². The van der Waals surface area contributed by atoms with Crippen molar-refractivity contribution in [2.75, 3.05) is 0 Å². The average Bonchev–Trinajstić information content (AvgIpc) is 3.13. The molecule has 3 rings (SSSR count). The van der Waals surface area contributed by atoms with Gasteiger partial charge in [0.1, 0.15) is 0 Å². The summed E-state index contributed by atoms with van der Waals surface area (Å²) in [6.07, 6.45) is 4.45. The van der Waals surface area contributed by atoms with Gasteiger partial charge >= 0.3 is 5.97 Å². The zero-order valence-corrected chi connectivity index (χ0v) is 12.7. The van der Waals surface area contributed by atoms with Crippen LogP contribution in [0.25, 0.3) is 0 Å². The van der Waals surface area contributed by atoms with Crippen LogP contribution in [0.5, 0.6) is 0 Å². The van der Waals surface area contributed by atoms with Crippen molar-refractivity contribution in [1.82, 2.24) is 10.9 Å². The third kappa shape index (κ3) is 2.84. The van der Waals surface area contributed by atoms with E-state index in [0.717, 1.165) is 5.56 Å². The topological polar surface area (TPSA) is 95.5 Å². The lowest BCUT2D eigenvalue weighted by Gasteiger charge is -2.23. The van der Waals surface area contributed by atoms with Crippen molar-refractivity contribution in [2.45, 2.75) is 13.3 Å². The number of benzene rings is 1. The zero-order chi connectivity index (χ0) is 16.6. The first-order chi connectivity index (χ1) is 11.0. The molecule has 1 aromatic rings. The summed E-state index contributed by atoms with van der Waals surface area (Å²) < 4.78 is 0. The lowest BCUT2D eigenvalue weighted by Crippen LogP contribution is -2.48. The number of carboxylic acid groups (broad SMARTS) is 1. The van der Waals surface area contributed by atoms with Crippen molar-refractivity contribution in [3.05, 3.63) is 47.5 Å². The summed E-state index contributed by atoms with van der Waals surface area (Å²) in [5.41, 5.74) is 6.19. The summed E-state index contributed by atoms with van der Waals surface area (Å²) in [5, 5.41) is 9.33. The molecule has 0 aliphatic heterocycles. The van der Waals surface area contributed by atoms with Gasteiger partial charge in [-0.3, -0.25) is 25.2 Å². The second kappa shape index (κ2) is 5.87. The molecule has 120 valence electrons. The molecule has 2 aliphatic carbocycles. The monoisotopic (exact) mass is 314 g/mol. The van der Waals surface area contributed by atoms with E-state index in [1.165, 1.54) is 0 Å². The molecule has 2 amide bonds. The Morgan fingerprint density at radius 3 is 2.22 bits per heavy atom. The maximum atomic E-state index is 12.3. The number of amides is 2. The maximum Gasteiger partial charge on any atom is 0.307 e. The summed E-state index contributed by atoms with van der Waals surface area (Å²) >= 11 is 0. The van der Waals surface area contributed by atoms with Crippen LogP contribution >= 0.6 is 0 Å². The summed E-state index contributed by atoms with van der Waals surface area (Å²) in [5.74, 6) is -3.37. The minimum atomic E-state index is -0.966. The number of hydrogen-bond donors (Lipinski definition) is 3. The van der Waals surface area contributed by atoms with Crippen molar-refractivity contribution in [3.8, 4) is 0 Å². The molecule has 6 heteroatoms. The third-order valence-electron chi connectivity index (χ3n) is 4.66.